The Labute approximate surface area is 112 Å². The fourth-order valence-electron chi connectivity index (χ4n) is 2.05. The number of aliphatic hydroxyl groups excluding tert-OH is 1. The first-order valence-electron chi connectivity index (χ1n) is 6.09. The second-order valence-corrected chi connectivity index (χ2v) is 5.28. The lowest BCUT2D eigenvalue weighted by Crippen LogP contribution is -2.20. The van der Waals surface area contributed by atoms with Crippen LogP contribution in [0.5, 0.6) is 0 Å². The van der Waals surface area contributed by atoms with Crippen molar-refractivity contribution in [3.8, 4) is 0 Å². The summed E-state index contributed by atoms with van der Waals surface area (Å²) in [5.74, 6) is 0. The molecule has 0 aliphatic heterocycles. The minimum Gasteiger partial charge on any atom is -0.390 e. The molecule has 0 aliphatic rings. The molecule has 2 atom stereocenters. The standard InChI is InChI=1S/C15H18O2S/c1-17-15(12-6-3-2-4-7-12)14(16)10-9-13-8-5-11-18-13/h2-8,11,14-16H,9-10H2,1H3. The van der Waals surface area contributed by atoms with E-state index < -0.39 is 6.10 Å². The summed E-state index contributed by atoms with van der Waals surface area (Å²) in [6.45, 7) is 0. The van der Waals surface area contributed by atoms with Crippen LogP contribution in [0.1, 0.15) is 23.0 Å². The molecule has 1 N–H and O–H groups in total. The van der Waals surface area contributed by atoms with Gasteiger partial charge in [0.25, 0.3) is 0 Å². The van der Waals surface area contributed by atoms with E-state index in [1.165, 1.54) is 4.88 Å². The van der Waals surface area contributed by atoms with Crippen LogP contribution in [0.4, 0.5) is 0 Å². The van der Waals surface area contributed by atoms with Crippen LogP contribution in [0, 0.1) is 0 Å². The molecule has 0 fully saturated rings. The molecule has 3 heteroatoms. The summed E-state index contributed by atoms with van der Waals surface area (Å²) in [5.41, 5.74) is 1.03. The molecule has 0 radical (unpaired) electrons. The first-order valence-corrected chi connectivity index (χ1v) is 6.97. The van der Waals surface area contributed by atoms with Gasteiger partial charge in [-0.2, -0.15) is 0 Å². The van der Waals surface area contributed by atoms with E-state index in [1.807, 2.05) is 36.4 Å². The average Bonchev–Trinajstić information content (AvgIpc) is 2.92. The number of rotatable bonds is 6. The summed E-state index contributed by atoms with van der Waals surface area (Å²) in [6.07, 6.45) is 0.894. The number of hydrogen-bond acceptors (Lipinski definition) is 3. The molecule has 0 amide bonds. The molecule has 0 saturated carbocycles. The summed E-state index contributed by atoms with van der Waals surface area (Å²) in [6, 6.07) is 14.0. The fourth-order valence-corrected chi connectivity index (χ4v) is 2.78. The van der Waals surface area contributed by atoms with Crippen LogP contribution < -0.4 is 0 Å². The van der Waals surface area contributed by atoms with Gasteiger partial charge in [0.15, 0.2) is 0 Å². The quantitative estimate of drug-likeness (QED) is 0.864. The largest absolute Gasteiger partial charge is 0.390 e. The SMILES string of the molecule is COC(c1ccccc1)C(O)CCc1cccs1. The number of ether oxygens (including phenoxy) is 1. The molecular formula is C15H18O2S. The van der Waals surface area contributed by atoms with Crippen molar-refractivity contribution in [2.24, 2.45) is 0 Å². The Morgan fingerprint density at radius 2 is 1.94 bits per heavy atom. The Bertz CT molecular complexity index is 439. The average molecular weight is 262 g/mol. The van der Waals surface area contributed by atoms with Crippen molar-refractivity contribution < 1.29 is 9.84 Å². The number of methoxy groups -OCH3 is 1. The van der Waals surface area contributed by atoms with Crippen molar-refractivity contribution in [2.75, 3.05) is 7.11 Å². The Hall–Kier alpha value is -1.16. The third-order valence-corrected chi connectivity index (χ3v) is 3.93. The molecule has 0 saturated heterocycles. The van der Waals surface area contributed by atoms with Gasteiger partial charge in [0.1, 0.15) is 6.10 Å². The van der Waals surface area contributed by atoms with E-state index in [0.29, 0.717) is 6.42 Å². The van der Waals surface area contributed by atoms with Crippen LogP contribution in [-0.2, 0) is 11.2 Å². The molecule has 1 aromatic carbocycles. The van der Waals surface area contributed by atoms with Crippen molar-refractivity contribution in [1.82, 2.24) is 0 Å². The lowest BCUT2D eigenvalue weighted by Gasteiger charge is -2.21. The molecule has 96 valence electrons. The van der Waals surface area contributed by atoms with Crippen molar-refractivity contribution in [3.05, 3.63) is 58.3 Å². The summed E-state index contributed by atoms with van der Waals surface area (Å²) < 4.78 is 5.42. The van der Waals surface area contributed by atoms with Crippen LogP contribution in [-0.4, -0.2) is 18.3 Å². The maximum absolute atomic E-state index is 10.2. The van der Waals surface area contributed by atoms with Crippen LogP contribution in [0.3, 0.4) is 0 Å². The topological polar surface area (TPSA) is 29.5 Å². The second-order valence-electron chi connectivity index (χ2n) is 4.25. The molecule has 1 aromatic heterocycles. The number of thiophene rings is 1. The van der Waals surface area contributed by atoms with Gasteiger partial charge in [0.2, 0.25) is 0 Å². The highest BCUT2D eigenvalue weighted by atomic mass is 32.1. The minimum absolute atomic E-state index is 0.244. The van der Waals surface area contributed by atoms with Crippen molar-refractivity contribution in [2.45, 2.75) is 25.0 Å². The van der Waals surface area contributed by atoms with E-state index in [-0.39, 0.29) is 6.10 Å². The normalized spacial score (nSPS) is 14.3. The van der Waals surface area contributed by atoms with Gasteiger partial charge in [0.05, 0.1) is 6.10 Å². The first-order chi connectivity index (χ1) is 8.81. The Morgan fingerprint density at radius 3 is 2.56 bits per heavy atom. The predicted molar refractivity (Wildman–Crippen MR) is 74.8 cm³/mol. The van der Waals surface area contributed by atoms with Gasteiger partial charge >= 0.3 is 0 Å². The predicted octanol–water partition coefficient (Wildman–Crippen LogP) is 3.43. The molecule has 0 bridgehead atoms. The van der Waals surface area contributed by atoms with E-state index in [9.17, 15) is 5.11 Å². The van der Waals surface area contributed by atoms with Gasteiger partial charge in [-0.1, -0.05) is 36.4 Å². The zero-order valence-electron chi connectivity index (χ0n) is 10.5. The third-order valence-electron chi connectivity index (χ3n) is 3.00. The van der Waals surface area contributed by atoms with E-state index >= 15 is 0 Å². The monoisotopic (exact) mass is 262 g/mol. The van der Waals surface area contributed by atoms with Gasteiger partial charge in [-0.15, -0.1) is 11.3 Å². The summed E-state index contributed by atoms with van der Waals surface area (Å²) in [4.78, 5) is 1.30. The summed E-state index contributed by atoms with van der Waals surface area (Å²) in [5, 5.41) is 12.3. The Kier molecular flexibility index (Phi) is 4.93. The molecule has 0 aliphatic carbocycles. The lowest BCUT2D eigenvalue weighted by atomic mass is 10.0. The minimum atomic E-state index is -0.473. The maximum Gasteiger partial charge on any atom is 0.108 e. The summed E-state index contributed by atoms with van der Waals surface area (Å²) >= 11 is 1.73. The molecule has 2 rings (SSSR count). The van der Waals surface area contributed by atoms with Crippen LogP contribution in [0.15, 0.2) is 47.8 Å². The van der Waals surface area contributed by atoms with Crippen molar-refractivity contribution >= 4 is 11.3 Å². The first kappa shape index (κ1) is 13.3. The molecule has 2 aromatic rings. The van der Waals surface area contributed by atoms with E-state index in [0.717, 1.165) is 12.0 Å². The lowest BCUT2D eigenvalue weighted by molar-refractivity contribution is -0.0169. The van der Waals surface area contributed by atoms with Gasteiger partial charge in [-0.3, -0.25) is 0 Å². The second kappa shape index (κ2) is 6.69. The van der Waals surface area contributed by atoms with E-state index in [4.69, 9.17) is 4.74 Å². The highest BCUT2D eigenvalue weighted by molar-refractivity contribution is 7.09. The highest BCUT2D eigenvalue weighted by Gasteiger charge is 2.20. The highest BCUT2D eigenvalue weighted by Crippen LogP contribution is 2.24. The smallest absolute Gasteiger partial charge is 0.108 e. The molecule has 1 heterocycles. The molecule has 2 nitrogen and oxygen atoms in total. The zero-order valence-corrected chi connectivity index (χ0v) is 11.3. The number of aryl methyl sites for hydroxylation is 1. The summed E-state index contributed by atoms with van der Waals surface area (Å²) in [7, 11) is 1.64. The van der Waals surface area contributed by atoms with Crippen LogP contribution >= 0.6 is 11.3 Å². The molecule has 18 heavy (non-hydrogen) atoms. The van der Waals surface area contributed by atoms with Gasteiger partial charge in [-0.05, 0) is 29.9 Å². The Morgan fingerprint density at radius 1 is 1.17 bits per heavy atom. The molecule has 2 unspecified atom stereocenters. The fraction of sp³-hybridized carbons (Fsp3) is 0.333. The van der Waals surface area contributed by atoms with Gasteiger partial charge < -0.3 is 9.84 Å². The number of hydrogen-bond donors (Lipinski definition) is 1. The van der Waals surface area contributed by atoms with E-state index in [2.05, 4.69) is 11.4 Å². The number of benzene rings is 1. The maximum atomic E-state index is 10.2. The van der Waals surface area contributed by atoms with Crippen molar-refractivity contribution in [1.29, 1.82) is 0 Å². The van der Waals surface area contributed by atoms with Crippen LogP contribution in [0.25, 0.3) is 0 Å². The van der Waals surface area contributed by atoms with Gasteiger partial charge in [-0.25, -0.2) is 0 Å². The Balaban J connectivity index is 1.95. The van der Waals surface area contributed by atoms with E-state index in [1.54, 1.807) is 18.4 Å². The molecular weight excluding hydrogens is 244 g/mol. The van der Waals surface area contributed by atoms with Gasteiger partial charge in [0, 0.05) is 12.0 Å². The van der Waals surface area contributed by atoms with Crippen LogP contribution in [0.2, 0.25) is 0 Å². The zero-order chi connectivity index (χ0) is 12.8. The number of aliphatic hydroxyl groups is 1. The van der Waals surface area contributed by atoms with Crippen molar-refractivity contribution in [3.63, 3.8) is 0 Å². The third kappa shape index (κ3) is 3.42. The molecule has 0 spiro atoms.